The summed E-state index contributed by atoms with van der Waals surface area (Å²) in [5.41, 5.74) is 1.16. The highest BCUT2D eigenvalue weighted by molar-refractivity contribution is 5.79. The molecule has 2 aliphatic heterocycles. The highest BCUT2D eigenvalue weighted by atomic mass is 16.5. The number of nitrogens with zero attached hydrogens (tertiary/aromatic N) is 4. The maximum Gasteiger partial charge on any atom is 0.237 e. The van der Waals surface area contributed by atoms with E-state index in [-0.39, 0.29) is 11.8 Å². The van der Waals surface area contributed by atoms with Gasteiger partial charge in [0.15, 0.2) is 0 Å². The standard InChI is InChI=1S/C21H32N4O3/c1-2-24(16-19-6-4-3-5-7-19)20(26)17-22-8-10-23(11-9-22)18-21(27)25-12-14-28-15-13-25/h3-7H,2,8-18H2,1H3. The zero-order valence-corrected chi connectivity index (χ0v) is 16.9. The van der Waals surface area contributed by atoms with Gasteiger partial charge in [0.25, 0.3) is 0 Å². The maximum atomic E-state index is 12.7. The minimum absolute atomic E-state index is 0.171. The highest BCUT2D eigenvalue weighted by Gasteiger charge is 2.24. The Kier molecular flexibility index (Phi) is 7.82. The van der Waals surface area contributed by atoms with E-state index in [0.29, 0.717) is 52.5 Å². The van der Waals surface area contributed by atoms with Gasteiger partial charge in [0.05, 0.1) is 26.3 Å². The van der Waals surface area contributed by atoms with Crippen LogP contribution in [-0.4, -0.2) is 104 Å². The second kappa shape index (κ2) is 10.5. The first-order valence-corrected chi connectivity index (χ1v) is 10.3. The van der Waals surface area contributed by atoms with E-state index < -0.39 is 0 Å². The van der Waals surface area contributed by atoms with Gasteiger partial charge >= 0.3 is 0 Å². The molecular weight excluding hydrogens is 356 g/mol. The van der Waals surface area contributed by atoms with Crippen molar-refractivity contribution in [2.24, 2.45) is 0 Å². The number of ether oxygens (including phenoxy) is 1. The number of amides is 2. The van der Waals surface area contributed by atoms with E-state index in [1.165, 1.54) is 0 Å². The first-order valence-electron chi connectivity index (χ1n) is 10.3. The average molecular weight is 389 g/mol. The molecule has 7 nitrogen and oxygen atoms in total. The number of carbonyl (C=O) groups is 2. The summed E-state index contributed by atoms with van der Waals surface area (Å²) in [6.07, 6.45) is 0. The Labute approximate surface area is 167 Å². The number of likely N-dealkylation sites (N-methyl/N-ethyl adjacent to an activating group) is 1. The maximum absolute atomic E-state index is 12.7. The molecule has 3 rings (SSSR count). The Morgan fingerprint density at radius 2 is 1.54 bits per heavy atom. The number of rotatable bonds is 7. The molecule has 0 atom stereocenters. The van der Waals surface area contributed by atoms with Gasteiger partial charge in [-0.2, -0.15) is 0 Å². The van der Waals surface area contributed by atoms with Crippen LogP contribution >= 0.6 is 0 Å². The van der Waals surface area contributed by atoms with Crippen LogP contribution in [0.15, 0.2) is 30.3 Å². The molecule has 7 heteroatoms. The van der Waals surface area contributed by atoms with E-state index in [0.717, 1.165) is 31.7 Å². The van der Waals surface area contributed by atoms with Gasteiger partial charge in [0.2, 0.25) is 11.8 Å². The summed E-state index contributed by atoms with van der Waals surface area (Å²) in [6, 6.07) is 10.1. The van der Waals surface area contributed by atoms with Crippen molar-refractivity contribution in [2.75, 3.05) is 72.1 Å². The third kappa shape index (κ3) is 6.02. The molecule has 0 unspecified atom stereocenters. The van der Waals surface area contributed by atoms with E-state index in [2.05, 4.69) is 21.9 Å². The predicted octanol–water partition coefficient (Wildman–Crippen LogP) is 0.512. The predicted molar refractivity (Wildman–Crippen MR) is 108 cm³/mol. The summed E-state index contributed by atoms with van der Waals surface area (Å²) >= 11 is 0. The van der Waals surface area contributed by atoms with Crippen LogP contribution in [0.25, 0.3) is 0 Å². The van der Waals surface area contributed by atoms with Crippen LogP contribution < -0.4 is 0 Å². The fourth-order valence-electron chi connectivity index (χ4n) is 3.68. The molecule has 0 N–H and O–H groups in total. The Morgan fingerprint density at radius 1 is 0.929 bits per heavy atom. The van der Waals surface area contributed by atoms with Gasteiger partial charge in [0, 0.05) is 52.4 Å². The third-order valence-corrected chi connectivity index (χ3v) is 5.50. The summed E-state index contributed by atoms with van der Waals surface area (Å²) in [5.74, 6) is 0.358. The summed E-state index contributed by atoms with van der Waals surface area (Å²) < 4.78 is 5.31. The molecule has 1 aromatic carbocycles. The molecule has 2 saturated heterocycles. The Hall–Kier alpha value is -1.96. The molecule has 2 amide bonds. The summed E-state index contributed by atoms with van der Waals surface area (Å²) in [5, 5.41) is 0. The zero-order chi connectivity index (χ0) is 19.8. The van der Waals surface area contributed by atoms with E-state index in [4.69, 9.17) is 4.74 Å². The molecule has 0 aliphatic carbocycles. The normalized spacial score (nSPS) is 18.8. The fourth-order valence-corrected chi connectivity index (χ4v) is 3.68. The lowest BCUT2D eigenvalue weighted by molar-refractivity contribution is -0.138. The molecule has 28 heavy (non-hydrogen) atoms. The number of piperazine rings is 1. The van der Waals surface area contributed by atoms with Crippen molar-refractivity contribution >= 4 is 11.8 Å². The van der Waals surface area contributed by atoms with Crippen LogP contribution in [0.5, 0.6) is 0 Å². The van der Waals surface area contributed by atoms with Crippen molar-refractivity contribution in [1.29, 1.82) is 0 Å². The van der Waals surface area contributed by atoms with E-state index in [1.807, 2.05) is 34.9 Å². The van der Waals surface area contributed by atoms with Crippen molar-refractivity contribution in [2.45, 2.75) is 13.5 Å². The topological polar surface area (TPSA) is 56.3 Å². The summed E-state index contributed by atoms with van der Waals surface area (Å²) in [4.78, 5) is 33.3. The molecule has 2 fully saturated rings. The van der Waals surface area contributed by atoms with Crippen LogP contribution in [-0.2, 0) is 20.9 Å². The van der Waals surface area contributed by atoms with Gasteiger partial charge < -0.3 is 14.5 Å². The van der Waals surface area contributed by atoms with Crippen LogP contribution in [0.1, 0.15) is 12.5 Å². The lowest BCUT2D eigenvalue weighted by Gasteiger charge is -2.36. The zero-order valence-electron chi connectivity index (χ0n) is 16.9. The molecule has 1 aromatic rings. The first kappa shape index (κ1) is 20.8. The van der Waals surface area contributed by atoms with E-state index >= 15 is 0 Å². The monoisotopic (exact) mass is 388 g/mol. The molecule has 0 aromatic heterocycles. The molecule has 0 bridgehead atoms. The van der Waals surface area contributed by atoms with Crippen molar-refractivity contribution in [3.8, 4) is 0 Å². The smallest absolute Gasteiger partial charge is 0.237 e. The van der Waals surface area contributed by atoms with Gasteiger partial charge in [-0.25, -0.2) is 0 Å². The largest absolute Gasteiger partial charge is 0.378 e. The van der Waals surface area contributed by atoms with Gasteiger partial charge in [-0.3, -0.25) is 19.4 Å². The lowest BCUT2D eigenvalue weighted by atomic mass is 10.2. The molecular formula is C21H32N4O3. The van der Waals surface area contributed by atoms with Gasteiger partial charge in [-0.15, -0.1) is 0 Å². The second-order valence-corrected chi connectivity index (χ2v) is 7.44. The third-order valence-electron chi connectivity index (χ3n) is 5.50. The molecule has 0 radical (unpaired) electrons. The Balaban J connectivity index is 1.40. The average Bonchev–Trinajstić information content (AvgIpc) is 2.74. The lowest BCUT2D eigenvalue weighted by Crippen LogP contribution is -2.53. The van der Waals surface area contributed by atoms with Gasteiger partial charge in [-0.1, -0.05) is 30.3 Å². The number of hydrogen-bond acceptors (Lipinski definition) is 5. The number of carbonyl (C=O) groups excluding carboxylic acids is 2. The van der Waals surface area contributed by atoms with Gasteiger partial charge in [-0.05, 0) is 12.5 Å². The molecule has 2 heterocycles. The van der Waals surface area contributed by atoms with E-state index in [1.54, 1.807) is 0 Å². The number of hydrogen-bond donors (Lipinski definition) is 0. The van der Waals surface area contributed by atoms with Crippen molar-refractivity contribution in [1.82, 2.24) is 19.6 Å². The van der Waals surface area contributed by atoms with Crippen molar-refractivity contribution in [3.63, 3.8) is 0 Å². The molecule has 0 spiro atoms. The number of benzene rings is 1. The highest BCUT2D eigenvalue weighted by Crippen LogP contribution is 2.08. The van der Waals surface area contributed by atoms with Crippen LogP contribution in [0.3, 0.4) is 0 Å². The summed E-state index contributed by atoms with van der Waals surface area (Å²) in [6.45, 7) is 10.3. The fraction of sp³-hybridized carbons (Fsp3) is 0.619. The van der Waals surface area contributed by atoms with Crippen molar-refractivity contribution in [3.05, 3.63) is 35.9 Å². The number of morpholine rings is 1. The minimum atomic E-state index is 0.171. The van der Waals surface area contributed by atoms with Crippen LogP contribution in [0.2, 0.25) is 0 Å². The minimum Gasteiger partial charge on any atom is -0.378 e. The molecule has 2 aliphatic rings. The van der Waals surface area contributed by atoms with E-state index in [9.17, 15) is 9.59 Å². The Bertz CT molecular complexity index is 626. The van der Waals surface area contributed by atoms with Crippen LogP contribution in [0, 0.1) is 0 Å². The quantitative estimate of drug-likeness (QED) is 0.681. The second-order valence-electron chi connectivity index (χ2n) is 7.44. The Morgan fingerprint density at radius 3 is 2.14 bits per heavy atom. The first-order chi connectivity index (χ1) is 13.7. The van der Waals surface area contributed by atoms with Crippen molar-refractivity contribution < 1.29 is 14.3 Å². The van der Waals surface area contributed by atoms with Crippen LogP contribution in [0.4, 0.5) is 0 Å². The van der Waals surface area contributed by atoms with Gasteiger partial charge in [0.1, 0.15) is 0 Å². The SMILES string of the molecule is CCN(Cc1ccccc1)C(=O)CN1CCN(CC(=O)N2CCOCC2)CC1. The summed E-state index contributed by atoms with van der Waals surface area (Å²) in [7, 11) is 0. The molecule has 154 valence electrons. The molecule has 0 saturated carbocycles.